The zero-order chi connectivity index (χ0) is 21.9. The molecule has 0 aromatic carbocycles. The molecule has 1 aliphatic carbocycles. The van der Waals surface area contributed by atoms with Crippen LogP contribution in [0.2, 0.25) is 0 Å². The Balaban J connectivity index is 1.40. The van der Waals surface area contributed by atoms with Gasteiger partial charge in [-0.05, 0) is 80.7 Å². The topological polar surface area (TPSA) is 81.0 Å². The molecule has 0 bridgehead atoms. The largest absolute Gasteiger partial charge is 0.355 e. The second-order valence-electron chi connectivity index (χ2n) is 8.66. The highest BCUT2D eigenvalue weighted by atomic mass is 15.2. The molecule has 32 heavy (non-hydrogen) atoms. The first-order valence-corrected chi connectivity index (χ1v) is 11.2. The van der Waals surface area contributed by atoms with Crippen LogP contribution in [0.4, 0.5) is 17.5 Å². The lowest BCUT2D eigenvalue weighted by Crippen LogP contribution is -2.29. The van der Waals surface area contributed by atoms with Crippen molar-refractivity contribution in [3.8, 4) is 17.3 Å². The lowest BCUT2D eigenvalue weighted by atomic mass is 10.1. The number of hydrogen-bond donors (Lipinski definition) is 1. The first-order valence-electron chi connectivity index (χ1n) is 11.2. The van der Waals surface area contributed by atoms with Crippen LogP contribution in [0.15, 0.2) is 48.8 Å². The summed E-state index contributed by atoms with van der Waals surface area (Å²) in [5.41, 5.74) is 3.77. The fourth-order valence-electron chi connectivity index (χ4n) is 4.12. The molecule has 4 heterocycles. The predicted molar refractivity (Wildman–Crippen MR) is 126 cm³/mol. The molecule has 0 radical (unpaired) electrons. The van der Waals surface area contributed by atoms with Crippen molar-refractivity contribution in [3.05, 3.63) is 59.9 Å². The molecule has 5 rings (SSSR count). The van der Waals surface area contributed by atoms with Crippen LogP contribution in [0, 0.1) is 11.3 Å². The van der Waals surface area contributed by atoms with Gasteiger partial charge < -0.3 is 15.1 Å². The van der Waals surface area contributed by atoms with Crippen LogP contribution in [0.1, 0.15) is 36.3 Å². The van der Waals surface area contributed by atoms with Gasteiger partial charge in [-0.1, -0.05) is 0 Å². The van der Waals surface area contributed by atoms with E-state index in [1.807, 2.05) is 6.20 Å². The summed E-state index contributed by atoms with van der Waals surface area (Å²) in [5, 5.41) is 12.4. The molecule has 2 fully saturated rings. The van der Waals surface area contributed by atoms with Gasteiger partial charge in [0.05, 0.1) is 17.3 Å². The van der Waals surface area contributed by atoms with Crippen LogP contribution in [-0.4, -0.2) is 53.1 Å². The number of aromatic nitrogens is 3. The highest BCUT2D eigenvalue weighted by Crippen LogP contribution is 2.42. The molecule has 1 aliphatic heterocycles. The van der Waals surface area contributed by atoms with Gasteiger partial charge >= 0.3 is 0 Å². The van der Waals surface area contributed by atoms with Crippen LogP contribution in [0.3, 0.4) is 0 Å². The van der Waals surface area contributed by atoms with E-state index in [0.717, 1.165) is 55.5 Å². The molecular formula is C25H27N7. The standard InChI is InChI=1S/C25H27N7/c1-31-9-2-10-32(12-11-31)25-6-5-20(17-28-25)22-14-21(19-3-4-19)15-24(29-22)30-23-13-18(16-26)7-8-27-23/h5-8,13-15,17,19H,2-4,9-12H2,1H3,(H,27,29,30). The highest BCUT2D eigenvalue weighted by molar-refractivity contribution is 5.66. The molecule has 7 heteroatoms. The maximum absolute atomic E-state index is 9.16. The van der Waals surface area contributed by atoms with Gasteiger partial charge in [0.2, 0.25) is 0 Å². The fraction of sp³-hybridized carbons (Fsp3) is 0.360. The summed E-state index contributed by atoms with van der Waals surface area (Å²) in [4.78, 5) is 18.7. The lowest BCUT2D eigenvalue weighted by Gasteiger charge is -2.21. The summed E-state index contributed by atoms with van der Waals surface area (Å²) in [6.45, 7) is 4.23. The molecule has 0 amide bonds. The Bertz CT molecular complexity index is 1130. The van der Waals surface area contributed by atoms with E-state index in [4.69, 9.17) is 15.2 Å². The molecule has 7 nitrogen and oxygen atoms in total. The van der Waals surface area contributed by atoms with E-state index in [9.17, 15) is 0 Å². The van der Waals surface area contributed by atoms with Gasteiger partial charge in [-0.3, -0.25) is 0 Å². The van der Waals surface area contributed by atoms with E-state index in [2.05, 4.69) is 57.5 Å². The quantitative estimate of drug-likeness (QED) is 0.657. The minimum absolute atomic E-state index is 0.570. The van der Waals surface area contributed by atoms with Gasteiger partial charge in [0, 0.05) is 37.6 Å². The number of hydrogen-bond acceptors (Lipinski definition) is 7. The Morgan fingerprint density at radius 3 is 2.69 bits per heavy atom. The molecule has 3 aromatic heterocycles. The Hall–Kier alpha value is -3.50. The summed E-state index contributed by atoms with van der Waals surface area (Å²) >= 11 is 0. The molecule has 0 atom stereocenters. The first kappa shape index (κ1) is 20.4. The maximum atomic E-state index is 9.16. The van der Waals surface area contributed by atoms with Gasteiger partial charge in [-0.25, -0.2) is 15.0 Å². The van der Waals surface area contributed by atoms with Crippen molar-refractivity contribution >= 4 is 17.5 Å². The van der Waals surface area contributed by atoms with Crippen molar-refractivity contribution in [2.75, 3.05) is 43.4 Å². The van der Waals surface area contributed by atoms with Crippen LogP contribution in [0.25, 0.3) is 11.3 Å². The van der Waals surface area contributed by atoms with Gasteiger partial charge in [-0.15, -0.1) is 0 Å². The van der Waals surface area contributed by atoms with Crippen molar-refractivity contribution in [1.29, 1.82) is 5.26 Å². The number of nitrogens with one attached hydrogen (secondary N) is 1. The SMILES string of the molecule is CN1CCCN(c2ccc(-c3cc(C4CC4)cc(Nc4cc(C#N)ccn4)n3)cn2)CC1. The first-order chi connectivity index (χ1) is 15.7. The molecule has 0 unspecified atom stereocenters. The maximum Gasteiger partial charge on any atom is 0.132 e. The fourth-order valence-corrected chi connectivity index (χ4v) is 4.12. The number of nitriles is 1. The van der Waals surface area contributed by atoms with Crippen molar-refractivity contribution < 1.29 is 0 Å². The zero-order valence-electron chi connectivity index (χ0n) is 18.3. The Morgan fingerprint density at radius 2 is 1.91 bits per heavy atom. The van der Waals surface area contributed by atoms with Gasteiger partial charge in [0.25, 0.3) is 0 Å². The second-order valence-corrected chi connectivity index (χ2v) is 8.66. The Morgan fingerprint density at radius 1 is 1.00 bits per heavy atom. The third-order valence-electron chi connectivity index (χ3n) is 6.13. The number of anilines is 3. The summed E-state index contributed by atoms with van der Waals surface area (Å²) in [6, 6.07) is 14.1. The molecule has 1 N–H and O–H groups in total. The Labute approximate surface area is 188 Å². The molecule has 2 aliphatic rings. The van der Waals surface area contributed by atoms with Crippen molar-refractivity contribution in [3.63, 3.8) is 0 Å². The molecule has 3 aromatic rings. The summed E-state index contributed by atoms with van der Waals surface area (Å²) in [5.74, 6) is 2.98. The number of rotatable bonds is 5. The second kappa shape index (κ2) is 8.93. The number of likely N-dealkylation sites (N-methyl/N-ethyl adjacent to an activating group) is 1. The van der Waals surface area contributed by atoms with E-state index in [-0.39, 0.29) is 0 Å². The smallest absolute Gasteiger partial charge is 0.132 e. The van der Waals surface area contributed by atoms with Crippen LogP contribution in [-0.2, 0) is 0 Å². The van der Waals surface area contributed by atoms with Crippen molar-refractivity contribution in [2.24, 2.45) is 0 Å². The highest BCUT2D eigenvalue weighted by Gasteiger charge is 2.25. The van der Waals surface area contributed by atoms with Gasteiger partial charge in [-0.2, -0.15) is 5.26 Å². The van der Waals surface area contributed by atoms with E-state index in [1.54, 1.807) is 18.3 Å². The normalized spacial score (nSPS) is 16.9. The van der Waals surface area contributed by atoms with E-state index in [1.165, 1.54) is 18.4 Å². The van der Waals surface area contributed by atoms with Gasteiger partial charge in [0.1, 0.15) is 17.5 Å². The van der Waals surface area contributed by atoms with E-state index in [0.29, 0.717) is 17.3 Å². The summed E-state index contributed by atoms with van der Waals surface area (Å²) in [7, 11) is 2.18. The average molecular weight is 426 g/mol. The van der Waals surface area contributed by atoms with Crippen LogP contribution < -0.4 is 10.2 Å². The van der Waals surface area contributed by atoms with Crippen LogP contribution in [0.5, 0.6) is 0 Å². The third kappa shape index (κ3) is 4.71. The molecule has 0 spiro atoms. The molecule has 1 saturated heterocycles. The summed E-state index contributed by atoms with van der Waals surface area (Å²) < 4.78 is 0. The van der Waals surface area contributed by atoms with Crippen LogP contribution >= 0.6 is 0 Å². The summed E-state index contributed by atoms with van der Waals surface area (Å²) in [6.07, 6.45) is 7.15. The Kier molecular flexibility index (Phi) is 5.70. The minimum Gasteiger partial charge on any atom is -0.355 e. The number of pyridine rings is 3. The predicted octanol–water partition coefficient (Wildman–Crippen LogP) is 4.17. The van der Waals surface area contributed by atoms with Gasteiger partial charge in [0.15, 0.2) is 0 Å². The molecular weight excluding hydrogens is 398 g/mol. The zero-order valence-corrected chi connectivity index (χ0v) is 18.3. The van der Waals surface area contributed by atoms with Crippen molar-refractivity contribution in [1.82, 2.24) is 19.9 Å². The van der Waals surface area contributed by atoms with E-state index < -0.39 is 0 Å². The molecule has 162 valence electrons. The monoisotopic (exact) mass is 425 g/mol. The lowest BCUT2D eigenvalue weighted by molar-refractivity contribution is 0.360. The van der Waals surface area contributed by atoms with E-state index >= 15 is 0 Å². The number of nitrogens with zero attached hydrogens (tertiary/aromatic N) is 6. The van der Waals surface area contributed by atoms with Crippen molar-refractivity contribution in [2.45, 2.75) is 25.2 Å². The third-order valence-corrected chi connectivity index (χ3v) is 6.13. The average Bonchev–Trinajstić information content (AvgIpc) is 3.68. The molecule has 1 saturated carbocycles. The minimum atomic E-state index is 0.570.